The third kappa shape index (κ3) is 7.56. The fraction of sp³-hybridized carbons (Fsp3) is 0.143. The van der Waals surface area contributed by atoms with Gasteiger partial charge in [0.1, 0.15) is 20.2 Å². The minimum absolute atomic E-state index is 0. The van der Waals surface area contributed by atoms with E-state index >= 15 is 0 Å². The second-order valence-corrected chi connectivity index (χ2v) is 8.67. The molecule has 0 unspecified atom stereocenters. The van der Waals surface area contributed by atoms with Crippen LogP contribution in [0.4, 0.5) is 11.4 Å². The Bertz CT molecular complexity index is 974. The van der Waals surface area contributed by atoms with Crippen molar-refractivity contribution >= 4 is 92.6 Å². The Morgan fingerprint density at radius 2 is 1.00 bits per heavy atom. The number of halogens is 2. The van der Waals surface area contributed by atoms with Crippen LogP contribution in [-0.2, 0) is 20.2 Å². The Morgan fingerprint density at radius 3 is 1.22 bits per heavy atom. The molecule has 0 aliphatic heterocycles. The van der Waals surface area contributed by atoms with Gasteiger partial charge in [0.15, 0.2) is 0 Å². The zero-order valence-corrected chi connectivity index (χ0v) is 19.5. The molecule has 0 aromatic heterocycles. The Hall–Kier alpha value is -0.300. The summed E-state index contributed by atoms with van der Waals surface area (Å²) in [6, 6.07) is 4.99. The fourth-order valence-corrected chi connectivity index (χ4v) is 3.96. The molecule has 0 aliphatic rings. The van der Waals surface area contributed by atoms with Crippen LogP contribution in [0.15, 0.2) is 34.1 Å². The van der Waals surface area contributed by atoms with E-state index in [1.807, 2.05) is 0 Å². The van der Waals surface area contributed by atoms with Crippen LogP contribution in [0.5, 0.6) is 0 Å². The first-order valence-electron chi connectivity index (χ1n) is 6.67. The van der Waals surface area contributed by atoms with Crippen LogP contribution >= 0.6 is 23.2 Å². The molecule has 0 atom stereocenters. The first-order valence-corrected chi connectivity index (χ1v) is 10.2. The van der Waals surface area contributed by atoms with Gasteiger partial charge in [-0.3, -0.25) is 0 Å². The second kappa shape index (κ2) is 9.95. The molecule has 2 aromatic carbocycles. The van der Waals surface area contributed by atoms with Crippen molar-refractivity contribution < 1.29 is 25.9 Å². The zero-order valence-electron chi connectivity index (χ0n) is 14.2. The zero-order chi connectivity index (χ0) is 20.4. The van der Waals surface area contributed by atoms with Crippen molar-refractivity contribution in [2.45, 2.75) is 23.6 Å². The van der Waals surface area contributed by atoms with E-state index in [4.69, 9.17) is 34.7 Å². The summed E-state index contributed by atoms with van der Waals surface area (Å²) in [7, 11) is -8.99. The number of rotatable bonds is 2. The van der Waals surface area contributed by atoms with Crippen LogP contribution in [-0.4, -0.2) is 63.7 Å². The number of hydrogen-bond acceptors (Lipinski definition) is 8. The van der Waals surface area contributed by atoms with Crippen LogP contribution in [0.1, 0.15) is 11.1 Å². The molecule has 0 heterocycles. The standard InChI is InChI=1S/2C7H8ClNO3S.Ca/c2*1-4-6(8)2-5(9)3-7(4)13(10,11)12;/h2*2-3H,9H2,1H3,(H,10,11,12);/q;;+2/p-2. The minimum Gasteiger partial charge on any atom is -0.744 e. The van der Waals surface area contributed by atoms with E-state index in [0.717, 1.165) is 12.1 Å². The Kier molecular flexibility index (Phi) is 9.84. The van der Waals surface area contributed by atoms with Crippen molar-refractivity contribution in [3.63, 3.8) is 0 Å². The third-order valence-corrected chi connectivity index (χ3v) is 5.89. The van der Waals surface area contributed by atoms with Gasteiger partial charge >= 0.3 is 37.7 Å². The molecule has 0 amide bonds. The molecule has 2 aromatic rings. The number of nitrogen functional groups attached to an aromatic ring is 2. The Labute approximate surface area is 197 Å². The average molecular weight is 481 g/mol. The topological polar surface area (TPSA) is 166 Å². The van der Waals surface area contributed by atoms with Crippen LogP contribution in [0.2, 0.25) is 10.0 Å². The molecule has 8 nitrogen and oxygen atoms in total. The van der Waals surface area contributed by atoms with Crippen molar-refractivity contribution in [1.82, 2.24) is 0 Å². The van der Waals surface area contributed by atoms with Crippen LogP contribution in [0, 0.1) is 13.8 Å². The van der Waals surface area contributed by atoms with Crippen molar-refractivity contribution in [2.24, 2.45) is 0 Å². The Balaban J connectivity index is 0.000000483. The summed E-state index contributed by atoms with van der Waals surface area (Å²) in [4.78, 5) is -0.727. The van der Waals surface area contributed by atoms with Gasteiger partial charge in [-0.15, -0.1) is 0 Å². The predicted octanol–water partition coefficient (Wildman–Crippen LogP) is 1.89. The second-order valence-electron chi connectivity index (χ2n) is 5.16. The summed E-state index contributed by atoms with van der Waals surface area (Å²) in [5.41, 5.74) is 11.4. The summed E-state index contributed by atoms with van der Waals surface area (Å²) in [5, 5.41) is 0.351. The summed E-state index contributed by atoms with van der Waals surface area (Å²) in [6.45, 7) is 2.90. The quantitative estimate of drug-likeness (QED) is 0.373. The van der Waals surface area contributed by atoms with E-state index in [9.17, 15) is 25.9 Å². The summed E-state index contributed by atoms with van der Waals surface area (Å²) in [5.74, 6) is 0. The molecule has 4 N–H and O–H groups in total. The number of nitrogens with two attached hydrogens (primary N) is 2. The number of benzene rings is 2. The van der Waals surface area contributed by atoms with Gasteiger partial charge in [-0.05, 0) is 49.2 Å². The SMILES string of the molecule is Cc1c(Cl)cc(N)cc1S(=O)(=O)[O-].Cc1c(Cl)cc(N)cc1S(=O)(=O)[O-].[Ca+2]. The van der Waals surface area contributed by atoms with Crippen LogP contribution in [0.3, 0.4) is 0 Å². The molecule has 0 saturated heterocycles. The number of anilines is 2. The van der Waals surface area contributed by atoms with E-state index < -0.39 is 20.2 Å². The smallest absolute Gasteiger partial charge is 0.744 e. The molecule has 0 spiro atoms. The van der Waals surface area contributed by atoms with Gasteiger partial charge in [-0.1, -0.05) is 23.2 Å². The molecule has 0 aliphatic carbocycles. The van der Waals surface area contributed by atoms with Crippen molar-refractivity contribution in [3.05, 3.63) is 45.4 Å². The molecule has 13 heteroatoms. The van der Waals surface area contributed by atoms with E-state index in [0.29, 0.717) is 0 Å². The molecule has 0 radical (unpaired) electrons. The van der Waals surface area contributed by atoms with E-state index in [1.165, 1.54) is 26.0 Å². The first-order chi connectivity index (χ1) is 11.6. The van der Waals surface area contributed by atoms with Gasteiger partial charge in [0.2, 0.25) is 0 Å². The maximum Gasteiger partial charge on any atom is 2.00 e. The maximum atomic E-state index is 10.7. The van der Waals surface area contributed by atoms with Gasteiger partial charge in [0.25, 0.3) is 0 Å². The van der Waals surface area contributed by atoms with Gasteiger partial charge in [-0.2, -0.15) is 0 Å². The summed E-state index contributed by atoms with van der Waals surface area (Å²) in [6.07, 6.45) is 0. The minimum atomic E-state index is -4.49. The molecule has 144 valence electrons. The maximum absolute atomic E-state index is 10.7. The van der Waals surface area contributed by atoms with Crippen molar-refractivity contribution in [3.8, 4) is 0 Å². The molecule has 0 fully saturated rings. The fourth-order valence-electron chi connectivity index (χ4n) is 1.87. The van der Waals surface area contributed by atoms with E-state index in [-0.39, 0.29) is 80.1 Å². The monoisotopic (exact) mass is 480 g/mol. The molecule has 27 heavy (non-hydrogen) atoms. The largest absolute Gasteiger partial charge is 2.00 e. The molecular weight excluding hydrogens is 467 g/mol. The van der Waals surface area contributed by atoms with Crippen LogP contribution in [0.25, 0.3) is 0 Å². The molecule has 2 rings (SSSR count). The van der Waals surface area contributed by atoms with Crippen molar-refractivity contribution in [1.29, 1.82) is 0 Å². The van der Waals surface area contributed by atoms with Crippen molar-refractivity contribution in [2.75, 3.05) is 11.5 Å². The average Bonchev–Trinajstić information content (AvgIpc) is 2.45. The predicted molar refractivity (Wildman–Crippen MR) is 103 cm³/mol. The van der Waals surface area contributed by atoms with Gasteiger partial charge in [0.05, 0.1) is 9.79 Å². The summed E-state index contributed by atoms with van der Waals surface area (Å²) >= 11 is 11.3. The van der Waals surface area contributed by atoms with Gasteiger partial charge in [0, 0.05) is 21.4 Å². The normalized spacial score (nSPS) is 11.2. The van der Waals surface area contributed by atoms with Gasteiger partial charge < -0.3 is 20.6 Å². The van der Waals surface area contributed by atoms with E-state index in [2.05, 4.69) is 0 Å². The molecule has 0 bridgehead atoms. The summed E-state index contributed by atoms with van der Waals surface area (Å²) < 4.78 is 64.1. The number of hydrogen-bond donors (Lipinski definition) is 2. The molecule has 0 saturated carbocycles. The molecular formula is C14H14CaCl2N2O6S2. The Morgan fingerprint density at radius 1 is 0.741 bits per heavy atom. The van der Waals surface area contributed by atoms with Gasteiger partial charge in [-0.25, -0.2) is 16.8 Å². The van der Waals surface area contributed by atoms with E-state index in [1.54, 1.807) is 0 Å². The third-order valence-electron chi connectivity index (χ3n) is 3.18. The first kappa shape index (κ1) is 26.7. The van der Waals surface area contributed by atoms with Crippen LogP contribution < -0.4 is 11.5 Å².